The molecule has 0 aromatic heterocycles. The predicted molar refractivity (Wildman–Crippen MR) is 81.5 cm³/mol. The van der Waals surface area contributed by atoms with Gasteiger partial charge in [0.05, 0.1) is 5.56 Å². The Balaban J connectivity index is 1.82. The zero-order valence-electron chi connectivity index (χ0n) is 12.4. The van der Waals surface area contributed by atoms with E-state index in [1.807, 2.05) is 19.1 Å². The molecule has 110 valence electrons. The Labute approximate surface area is 120 Å². The third kappa shape index (κ3) is 3.73. The molecule has 0 amide bonds. The maximum Gasteiger partial charge on any atom is 0.335 e. The summed E-state index contributed by atoms with van der Waals surface area (Å²) in [5, 5.41) is 12.4. The molecule has 0 heterocycles. The van der Waals surface area contributed by atoms with Crippen molar-refractivity contribution in [3.63, 3.8) is 0 Å². The van der Waals surface area contributed by atoms with Crippen molar-refractivity contribution in [3.8, 4) is 0 Å². The second-order valence-corrected chi connectivity index (χ2v) is 5.68. The van der Waals surface area contributed by atoms with Crippen LogP contribution in [0.15, 0.2) is 18.2 Å². The van der Waals surface area contributed by atoms with Crippen LogP contribution in [-0.2, 0) is 0 Å². The van der Waals surface area contributed by atoms with Gasteiger partial charge in [-0.25, -0.2) is 4.79 Å². The minimum atomic E-state index is -0.866. The third-order valence-corrected chi connectivity index (χ3v) is 4.20. The number of nitrogens with one attached hydrogen (secondary N) is 1. The number of carbonyl (C=O) groups is 1. The van der Waals surface area contributed by atoms with Gasteiger partial charge in [0.25, 0.3) is 0 Å². The molecule has 1 aromatic rings. The van der Waals surface area contributed by atoms with Crippen molar-refractivity contribution >= 4 is 11.7 Å². The Morgan fingerprint density at radius 1 is 1.40 bits per heavy atom. The standard InChI is InChI=1S/C16H24N2O2/c1-12-11-13(7-8-15(12)16(19)20)17-9-10-18(2)14-5-3-4-6-14/h7-8,11,14,17H,3-6,9-10H2,1-2H3,(H,19,20). The highest BCUT2D eigenvalue weighted by molar-refractivity contribution is 5.89. The van der Waals surface area contributed by atoms with Gasteiger partial charge < -0.3 is 15.3 Å². The molecule has 0 saturated heterocycles. The van der Waals surface area contributed by atoms with E-state index in [-0.39, 0.29) is 0 Å². The van der Waals surface area contributed by atoms with Gasteiger partial charge in [0.1, 0.15) is 0 Å². The van der Waals surface area contributed by atoms with Gasteiger partial charge in [0.15, 0.2) is 0 Å². The van der Waals surface area contributed by atoms with E-state index < -0.39 is 5.97 Å². The van der Waals surface area contributed by atoms with E-state index in [0.717, 1.165) is 30.4 Å². The summed E-state index contributed by atoms with van der Waals surface area (Å²) < 4.78 is 0. The number of benzene rings is 1. The molecular weight excluding hydrogens is 252 g/mol. The second kappa shape index (κ2) is 6.75. The second-order valence-electron chi connectivity index (χ2n) is 5.68. The van der Waals surface area contributed by atoms with E-state index >= 15 is 0 Å². The summed E-state index contributed by atoms with van der Waals surface area (Å²) >= 11 is 0. The molecule has 0 aliphatic heterocycles. The van der Waals surface area contributed by atoms with Crippen molar-refractivity contribution in [1.82, 2.24) is 4.90 Å². The maximum absolute atomic E-state index is 11.0. The Morgan fingerprint density at radius 2 is 2.10 bits per heavy atom. The Hall–Kier alpha value is -1.55. The lowest BCUT2D eigenvalue weighted by molar-refractivity contribution is 0.0696. The molecule has 0 spiro atoms. The molecule has 4 heteroatoms. The van der Waals surface area contributed by atoms with Crippen LogP contribution in [0.25, 0.3) is 0 Å². The number of aryl methyl sites for hydroxylation is 1. The molecule has 0 atom stereocenters. The number of nitrogens with zero attached hydrogens (tertiary/aromatic N) is 1. The fraction of sp³-hybridized carbons (Fsp3) is 0.562. The number of rotatable bonds is 6. The Bertz CT molecular complexity index is 468. The summed E-state index contributed by atoms with van der Waals surface area (Å²) in [6, 6.07) is 6.15. The monoisotopic (exact) mass is 276 g/mol. The predicted octanol–water partition coefficient (Wildman–Crippen LogP) is 2.98. The molecule has 20 heavy (non-hydrogen) atoms. The van der Waals surface area contributed by atoms with Gasteiger partial charge in [-0.2, -0.15) is 0 Å². The van der Waals surface area contributed by atoms with Gasteiger partial charge in [-0.1, -0.05) is 12.8 Å². The van der Waals surface area contributed by atoms with E-state index in [9.17, 15) is 4.79 Å². The van der Waals surface area contributed by atoms with Crippen molar-refractivity contribution in [2.45, 2.75) is 38.6 Å². The van der Waals surface area contributed by atoms with Crippen LogP contribution in [0.2, 0.25) is 0 Å². The minimum absolute atomic E-state index is 0.374. The first kappa shape index (κ1) is 14.9. The van der Waals surface area contributed by atoms with Crippen LogP contribution in [-0.4, -0.2) is 42.2 Å². The molecule has 2 N–H and O–H groups in total. The number of likely N-dealkylation sites (N-methyl/N-ethyl adjacent to an activating group) is 1. The first-order valence-corrected chi connectivity index (χ1v) is 7.36. The van der Waals surface area contributed by atoms with Gasteiger partial charge >= 0.3 is 5.97 Å². The van der Waals surface area contributed by atoms with Gasteiger partial charge in [-0.05, 0) is 50.6 Å². The molecule has 0 unspecified atom stereocenters. The average Bonchev–Trinajstić information content (AvgIpc) is 2.92. The summed E-state index contributed by atoms with van der Waals surface area (Å²) in [5.74, 6) is -0.866. The lowest BCUT2D eigenvalue weighted by Gasteiger charge is -2.24. The summed E-state index contributed by atoms with van der Waals surface area (Å²) in [5.41, 5.74) is 2.16. The molecule has 1 aromatic carbocycles. The topological polar surface area (TPSA) is 52.6 Å². The van der Waals surface area contributed by atoms with Gasteiger partial charge in [0, 0.05) is 24.8 Å². The number of hydrogen-bond donors (Lipinski definition) is 2. The zero-order valence-corrected chi connectivity index (χ0v) is 12.4. The molecule has 1 aliphatic rings. The molecule has 1 fully saturated rings. The van der Waals surface area contributed by atoms with Crippen molar-refractivity contribution in [1.29, 1.82) is 0 Å². The van der Waals surface area contributed by atoms with E-state index in [2.05, 4.69) is 17.3 Å². The van der Waals surface area contributed by atoms with E-state index in [4.69, 9.17) is 5.11 Å². The highest BCUT2D eigenvalue weighted by atomic mass is 16.4. The van der Waals surface area contributed by atoms with Gasteiger partial charge in [0.2, 0.25) is 0 Å². The smallest absolute Gasteiger partial charge is 0.335 e. The van der Waals surface area contributed by atoms with Crippen LogP contribution in [0.4, 0.5) is 5.69 Å². The molecule has 0 bridgehead atoms. The third-order valence-electron chi connectivity index (χ3n) is 4.20. The molecule has 1 aliphatic carbocycles. The van der Waals surface area contributed by atoms with Crippen LogP contribution >= 0.6 is 0 Å². The van der Waals surface area contributed by atoms with Gasteiger partial charge in [-0.3, -0.25) is 0 Å². The van der Waals surface area contributed by atoms with Crippen LogP contribution in [0.1, 0.15) is 41.6 Å². The fourth-order valence-corrected chi connectivity index (χ4v) is 2.92. The van der Waals surface area contributed by atoms with Crippen molar-refractivity contribution < 1.29 is 9.90 Å². The summed E-state index contributed by atoms with van der Waals surface area (Å²) in [7, 11) is 2.19. The number of carboxylic acids is 1. The first-order chi connectivity index (χ1) is 9.58. The Morgan fingerprint density at radius 3 is 2.70 bits per heavy atom. The molecule has 1 saturated carbocycles. The number of aromatic carboxylic acids is 1. The number of hydrogen-bond acceptors (Lipinski definition) is 3. The van der Waals surface area contributed by atoms with Crippen LogP contribution in [0, 0.1) is 6.92 Å². The lowest BCUT2D eigenvalue weighted by Crippen LogP contribution is -2.33. The zero-order chi connectivity index (χ0) is 14.5. The van der Waals surface area contributed by atoms with Crippen molar-refractivity contribution in [2.24, 2.45) is 0 Å². The van der Waals surface area contributed by atoms with E-state index in [0.29, 0.717) is 5.56 Å². The van der Waals surface area contributed by atoms with Crippen LogP contribution in [0.3, 0.4) is 0 Å². The quantitative estimate of drug-likeness (QED) is 0.838. The highest BCUT2D eigenvalue weighted by Gasteiger charge is 2.18. The SMILES string of the molecule is Cc1cc(NCCN(C)C2CCCC2)ccc1C(=O)O. The fourth-order valence-electron chi connectivity index (χ4n) is 2.92. The Kier molecular flexibility index (Phi) is 5.01. The van der Waals surface area contributed by atoms with Crippen LogP contribution < -0.4 is 5.32 Å². The van der Waals surface area contributed by atoms with Gasteiger partial charge in [-0.15, -0.1) is 0 Å². The number of anilines is 1. The molecule has 4 nitrogen and oxygen atoms in total. The van der Waals surface area contributed by atoms with E-state index in [1.165, 1.54) is 25.7 Å². The summed E-state index contributed by atoms with van der Waals surface area (Å²) in [6.45, 7) is 3.74. The minimum Gasteiger partial charge on any atom is -0.478 e. The normalized spacial score (nSPS) is 15.8. The van der Waals surface area contributed by atoms with Crippen LogP contribution in [0.5, 0.6) is 0 Å². The maximum atomic E-state index is 11.0. The van der Waals surface area contributed by atoms with Crippen molar-refractivity contribution in [3.05, 3.63) is 29.3 Å². The molecular formula is C16H24N2O2. The highest BCUT2D eigenvalue weighted by Crippen LogP contribution is 2.22. The lowest BCUT2D eigenvalue weighted by atomic mass is 10.1. The summed E-state index contributed by atoms with van der Waals surface area (Å²) in [4.78, 5) is 13.4. The molecule has 2 rings (SSSR count). The summed E-state index contributed by atoms with van der Waals surface area (Å²) in [6.07, 6.45) is 5.36. The first-order valence-electron chi connectivity index (χ1n) is 7.36. The van der Waals surface area contributed by atoms with Crippen molar-refractivity contribution in [2.75, 3.05) is 25.5 Å². The molecule has 0 radical (unpaired) electrons. The average molecular weight is 276 g/mol. The largest absolute Gasteiger partial charge is 0.478 e. The van der Waals surface area contributed by atoms with E-state index in [1.54, 1.807) is 6.07 Å². The number of carboxylic acid groups (broad SMARTS) is 1.